The zero-order valence-electron chi connectivity index (χ0n) is 15.0. The van der Waals surface area contributed by atoms with Crippen LogP contribution in [0.4, 0.5) is 5.69 Å². The fourth-order valence-electron chi connectivity index (χ4n) is 2.38. The number of furan rings is 1. The van der Waals surface area contributed by atoms with Crippen molar-refractivity contribution in [1.82, 2.24) is 0 Å². The summed E-state index contributed by atoms with van der Waals surface area (Å²) in [6.45, 7) is 3.93. The molecule has 4 nitrogen and oxygen atoms in total. The average Bonchev–Trinajstić information content (AvgIpc) is 3.10. The first-order chi connectivity index (χ1) is 13.0. The molecule has 0 aliphatic carbocycles. The van der Waals surface area contributed by atoms with E-state index < -0.39 is 5.91 Å². The van der Waals surface area contributed by atoms with Gasteiger partial charge in [-0.1, -0.05) is 47.7 Å². The lowest BCUT2D eigenvalue weighted by atomic mass is 10.2. The van der Waals surface area contributed by atoms with Crippen molar-refractivity contribution in [3.8, 4) is 6.07 Å². The number of aryl methyl sites for hydroxylation is 2. The molecule has 3 aromatic rings. The number of nitrogens with one attached hydrogen (secondary N) is 1. The minimum atomic E-state index is -0.462. The third-order valence-corrected chi connectivity index (χ3v) is 4.81. The summed E-state index contributed by atoms with van der Waals surface area (Å²) >= 11 is 1.49. The molecule has 0 aliphatic heterocycles. The van der Waals surface area contributed by atoms with E-state index in [1.807, 2.05) is 68.4 Å². The number of hydrogen-bond acceptors (Lipinski definition) is 4. The van der Waals surface area contributed by atoms with Gasteiger partial charge in [-0.2, -0.15) is 5.26 Å². The van der Waals surface area contributed by atoms with Crippen LogP contribution in [0.1, 0.15) is 16.9 Å². The molecule has 2 aromatic carbocycles. The van der Waals surface area contributed by atoms with Gasteiger partial charge in [0.25, 0.3) is 5.91 Å². The van der Waals surface area contributed by atoms with Crippen LogP contribution in [0.5, 0.6) is 0 Å². The quantitative estimate of drug-likeness (QED) is 0.467. The Balaban J connectivity index is 1.73. The molecule has 0 saturated carbocycles. The van der Waals surface area contributed by atoms with Gasteiger partial charge in [0.1, 0.15) is 17.4 Å². The monoisotopic (exact) mass is 374 g/mol. The molecule has 27 heavy (non-hydrogen) atoms. The lowest BCUT2D eigenvalue weighted by molar-refractivity contribution is -0.112. The van der Waals surface area contributed by atoms with Crippen molar-refractivity contribution in [1.29, 1.82) is 5.26 Å². The third kappa shape index (κ3) is 4.90. The Morgan fingerprint density at radius 2 is 1.81 bits per heavy atom. The van der Waals surface area contributed by atoms with Crippen LogP contribution < -0.4 is 5.32 Å². The zero-order chi connectivity index (χ0) is 19.2. The number of hydrogen-bond donors (Lipinski definition) is 1. The smallest absolute Gasteiger partial charge is 0.266 e. The molecular formula is C22H18N2O2S. The molecule has 0 saturated heterocycles. The molecule has 0 unspecified atom stereocenters. The SMILES string of the molecule is Cc1ccc(Sc2ccc(/C=C(/C#N)C(=O)Nc3ccccc3C)o2)cc1. The normalized spacial score (nSPS) is 11.1. The molecule has 5 heteroatoms. The molecule has 1 aromatic heterocycles. The molecule has 0 fully saturated rings. The van der Waals surface area contributed by atoms with Crippen molar-refractivity contribution >= 4 is 29.4 Å². The van der Waals surface area contributed by atoms with Crippen LogP contribution in [0.25, 0.3) is 6.08 Å². The molecule has 3 rings (SSSR count). The van der Waals surface area contributed by atoms with Gasteiger partial charge in [0.15, 0.2) is 5.09 Å². The van der Waals surface area contributed by atoms with Crippen LogP contribution in [0, 0.1) is 25.2 Å². The Morgan fingerprint density at radius 1 is 1.07 bits per heavy atom. The van der Waals surface area contributed by atoms with Gasteiger partial charge in [0, 0.05) is 16.7 Å². The molecule has 134 valence electrons. The van der Waals surface area contributed by atoms with Gasteiger partial charge in [-0.15, -0.1) is 0 Å². The molecule has 1 amide bonds. The van der Waals surface area contributed by atoms with Gasteiger partial charge in [0.2, 0.25) is 0 Å². The second-order valence-corrected chi connectivity index (χ2v) is 7.09. The van der Waals surface area contributed by atoms with E-state index in [4.69, 9.17) is 4.42 Å². The minimum absolute atomic E-state index is 0.0144. The van der Waals surface area contributed by atoms with E-state index in [0.717, 1.165) is 10.5 Å². The number of benzene rings is 2. The Morgan fingerprint density at radius 3 is 2.52 bits per heavy atom. The number of rotatable bonds is 5. The van der Waals surface area contributed by atoms with Gasteiger partial charge in [-0.3, -0.25) is 4.79 Å². The van der Waals surface area contributed by atoms with Crippen molar-refractivity contribution in [2.75, 3.05) is 5.32 Å². The Hall–Kier alpha value is -3.23. The summed E-state index contributed by atoms with van der Waals surface area (Å²) in [5, 5.41) is 12.8. The lowest BCUT2D eigenvalue weighted by Crippen LogP contribution is -2.14. The summed E-state index contributed by atoms with van der Waals surface area (Å²) in [5.74, 6) is -0.00275. The second kappa shape index (κ2) is 8.43. The highest BCUT2D eigenvalue weighted by Gasteiger charge is 2.12. The van der Waals surface area contributed by atoms with Gasteiger partial charge in [0.05, 0.1) is 0 Å². The van der Waals surface area contributed by atoms with E-state index in [2.05, 4.69) is 5.32 Å². The molecular weight excluding hydrogens is 356 g/mol. The first-order valence-electron chi connectivity index (χ1n) is 8.38. The number of anilines is 1. The fourth-order valence-corrected chi connectivity index (χ4v) is 3.16. The van der Waals surface area contributed by atoms with E-state index >= 15 is 0 Å². The highest BCUT2D eigenvalue weighted by molar-refractivity contribution is 7.99. The van der Waals surface area contributed by atoms with Gasteiger partial charge >= 0.3 is 0 Å². The van der Waals surface area contributed by atoms with Crippen LogP contribution in [0.3, 0.4) is 0 Å². The summed E-state index contributed by atoms with van der Waals surface area (Å²) in [6.07, 6.45) is 1.45. The standard InChI is InChI=1S/C22H18N2O2S/c1-15-7-10-19(11-8-15)27-21-12-9-18(26-21)13-17(14-23)22(25)24-20-6-4-3-5-16(20)2/h3-13H,1-2H3,(H,24,25)/b17-13-. The van der Waals surface area contributed by atoms with Crippen LogP contribution in [-0.2, 0) is 4.79 Å². The molecule has 0 atom stereocenters. The summed E-state index contributed by atoms with van der Waals surface area (Å²) in [4.78, 5) is 13.4. The number of nitrogens with zero attached hydrogens (tertiary/aromatic N) is 1. The lowest BCUT2D eigenvalue weighted by Gasteiger charge is -2.06. The Kier molecular flexibility index (Phi) is 5.80. The number of carbonyl (C=O) groups excluding carboxylic acids is 1. The number of nitriles is 1. The molecule has 1 N–H and O–H groups in total. The molecule has 0 spiro atoms. The molecule has 0 bridgehead atoms. The zero-order valence-corrected chi connectivity index (χ0v) is 15.8. The third-order valence-electron chi connectivity index (χ3n) is 3.89. The van der Waals surface area contributed by atoms with Crippen LogP contribution in [0.15, 0.2) is 80.6 Å². The maximum Gasteiger partial charge on any atom is 0.266 e. The first kappa shape index (κ1) is 18.6. The number of para-hydroxylation sites is 1. The Bertz CT molecular complexity index is 1030. The highest BCUT2D eigenvalue weighted by Crippen LogP contribution is 2.30. The molecule has 1 heterocycles. The van der Waals surface area contributed by atoms with E-state index in [-0.39, 0.29) is 5.57 Å². The largest absolute Gasteiger partial charge is 0.450 e. The molecule has 0 radical (unpaired) electrons. The van der Waals surface area contributed by atoms with E-state index in [1.165, 1.54) is 23.4 Å². The van der Waals surface area contributed by atoms with Gasteiger partial charge in [-0.05, 0) is 49.7 Å². The predicted octanol–water partition coefficient (Wildman–Crippen LogP) is 5.59. The van der Waals surface area contributed by atoms with E-state index in [1.54, 1.807) is 12.1 Å². The summed E-state index contributed by atoms with van der Waals surface area (Å²) in [7, 11) is 0. The topological polar surface area (TPSA) is 66.0 Å². The van der Waals surface area contributed by atoms with Crippen LogP contribution >= 0.6 is 11.8 Å². The van der Waals surface area contributed by atoms with Crippen LogP contribution in [0.2, 0.25) is 0 Å². The second-order valence-electron chi connectivity index (χ2n) is 6.01. The van der Waals surface area contributed by atoms with Crippen molar-refractivity contribution in [2.24, 2.45) is 0 Å². The predicted molar refractivity (Wildman–Crippen MR) is 107 cm³/mol. The number of amides is 1. The van der Waals surface area contributed by atoms with E-state index in [0.29, 0.717) is 16.5 Å². The first-order valence-corrected chi connectivity index (χ1v) is 9.20. The summed E-state index contributed by atoms with van der Waals surface area (Å²) in [5.41, 5.74) is 2.79. The molecule has 0 aliphatic rings. The van der Waals surface area contributed by atoms with Gasteiger partial charge < -0.3 is 9.73 Å². The van der Waals surface area contributed by atoms with Crippen molar-refractivity contribution in [2.45, 2.75) is 23.8 Å². The van der Waals surface area contributed by atoms with Crippen molar-refractivity contribution in [3.63, 3.8) is 0 Å². The number of carbonyl (C=O) groups is 1. The maximum atomic E-state index is 12.4. The van der Waals surface area contributed by atoms with Crippen LogP contribution in [-0.4, -0.2) is 5.91 Å². The maximum absolute atomic E-state index is 12.4. The van der Waals surface area contributed by atoms with Gasteiger partial charge in [-0.25, -0.2) is 0 Å². The van der Waals surface area contributed by atoms with Crippen molar-refractivity contribution < 1.29 is 9.21 Å². The fraction of sp³-hybridized carbons (Fsp3) is 0.0909. The minimum Gasteiger partial charge on any atom is -0.450 e. The summed E-state index contributed by atoms with van der Waals surface area (Å²) < 4.78 is 5.73. The Labute approximate surface area is 162 Å². The average molecular weight is 374 g/mol. The summed E-state index contributed by atoms with van der Waals surface area (Å²) in [6, 6.07) is 21.0. The highest BCUT2D eigenvalue weighted by atomic mass is 32.2. The van der Waals surface area contributed by atoms with E-state index in [9.17, 15) is 10.1 Å². The van der Waals surface area contributed by atoms with Crippen molar-refractivity contribution in [3.05, 3.63) is 83.1 Å².